The summed E-state index contributed by atoms with van der Waals surface area (Å²) in [5, 5.41) is 0. The number of hydrogen-bond donors (Lipinski definition) is 1. The number of primary amides is 1. The highest BCUT2D eigenvalue weighted by Crippen LogP contribution is 2.29. The van der Waals surface area contributed by atoms with Crippen LogP contribution in [0.1, 0.15) is 12.8 Å². The molecular weight excluding hydrogens is 283 g/mol. The minimum absolute atomic E-state index is 0.0185. The number of halogens is 1. The van der Waals surface area contributed by atoms with Crippen molar-refractivity contribution in [2.45, 2.75) is 17.7 Å². The highest BCUT2D eigenvalue weighted by Gasteiger charge is 2.26. The predicted octanol–water partition coefficient (Wildman–Crippen LogP) is 0.931. The molecule has 0 spiro atoms. The van der Waals surface area contributed by atoms with Gasteiger partial charge in [-0.3, -0.25) is 4.79 Å². The number of carbonyl (C=O) groups excluding carboxylic acids is 1. The lowest BCUT2D eigenvalue weighted by Crippen LogP contribution is -2.39. The number of benzene rings is 1. The molecule has 1 heterocycles. The van der Waals surface area contributed by atoms with Crippen LogP contribution in [0.2, 0.25) is 0 Å². The lowest BCUT2D eigenvalue weighted by molar-refractivity contribution is -0.122. The van der Waals surface area contributed by atoms with Crippen LogP contribution in [0.25, 0.3) is 0 Å². The SMILES string of the molecule is CS(=O)(=O)c1cc(F)ccc1N1CCC(C(N)=O)CC1. The van der Waals surface area contributed by atoms with Crippen molar-refractivity contribution in [1.82, 2.24) is 0 Å². The zero-order valence-corrected chi connectivity index (χ0v) is 12.0. The third-order valence-electron chi connectivity index (χ3n) is 3.56. The summed E-state index contributed by atoms with van der Waals surface area (Å²) < 4.78 is 36.8. The first-order chi connectivity index (χ1) is 9.29. The van der Waals surface area contributed by atoms with Gasteiger partial charge in [0.15, 0.2) is 9.84 Å². The minimum Gasteiger partial charge on any atom is -0.370 e. The van der Waals surface area contributed by atoms with Gasteiger partial charge < -0.3 is 10.6 Å². The maximum Gasteiger partial charge on any atom is 0.220 e. The molecule has 0 aliphatic carbocycles. The van der Waals surface area contributed by atoms with Gasteiger partial charge in [-0.2, -0.15) is 0 Å². The fourth-order valence-electron chi connectivity index (χ4n) is 2.45. The molecule has 0 unspecified atom stereocenters. The Morgan fingerprint density at radius 2 is 1.95 bits per heavy atom. The molecule has 0 aromatic heterocycles. The zero-order chi connectivity index (χ0) is 14.9. The van der Waals surface area contributed by atoms with Crippen LogP contribution in [-0.2, 0) is 14.6 Å². The molecule has 1 amide bonds. The summed E-state index contributed by atoms with van der Waals surface area (Å²) in [6.07, 6.45) is 2.22. The monoisotopic (exact) mass is 300 g/mol. The summed E-state index contributed by atoms with van der Waals surface area (Å²) >= 11 is 0. The fourth-order valence-corrected chi connectivity index (χ4v) is 3.35. The van der Waals surface area contributed by atoms with Crippen LogP contribution in [0, 0.1) is 11.7 Å². The summed E-state index contributed by atoms with van der Waals surface area (Å²) in [5.74, 6) is -1.08. The number of carbonyl (C=O) groups is 1. The van der Waals surface area contributed by atoms with E-state index in [1.54, 1.807) is 0 Å². The van der Waals surface area contributed by atoms with Crippen molar-refractivity contribution in [3.63, 3.8) is 0 Å². The van der Waals surface area contributed by atoms with E-state index in [0.29, 0.717) is 31.6 Å². The average molecular weight is 300 g/mol. The molecule has 2 N–H and O–H groups in total. The van der Waals surface area contributed by atoms with Gasteiger partial charge in [0.25, 0.3) is 0 Å². The van der Waals surface area contributed by atoms with Crippen molar-refractivity contribution in [3.8, 4) is 0 Å². The van der Waals surface area contributed by atoms with E-state index in [9.17, 15) is 17.6 Å². The molecule has 2 rings (SSSR count). The average Bonchev–Trinajstić information content (AvgIpc) is 2.38. The second-order valence-corrected chi connectivity index (χ2v) is 7.03. The molecule has 0 radical (unpaired) electrons. The maximum atomic E-state index is 13.3. The lowest BCUT2D eigenvalue weighted by Gasteiger charge is -2.33. The fraction of sp³-hybridized carbons (Fsp3) is 0.462. The number of hydrogen-bond acceptors (Lipinski definition) is 4. The molecule has 1 fully saturated rings. The molecular formula is C13H17FN2O3S. The van der Waals surface area contributed by atoms with Crippen LogP contribution in [-0.4, -0.2) is 33.7 Å². The second kappa shape index (κ2) is 5.40. The number of nitrogens with two attached hydrogens (primary N) is 1. The maximum absolute atomic E-state index is 13.3. The predicted molar refractivity (Wildman–Crippen MR) is 73.6 cm³/mol. The Hall–Kier alpha value is -1.63. The van der Waals surface area contributed by atoms with Gasteiger partial charge in [-0.15, -0.1) is 0 Å². The molecule has 1 aliphatic rings. The quantitative estimate of drug-likeness (QED) is 0.900. The number of anilines is 1. The smallest absolute Gasteiger partial charge is 0.220 e. The molecule has 0 saturated carbocycles. The number of rotatable bonds is 3. The molecule has 110 valence electrons. The van der Waals surface area contributed by atoms with Gasteiger partial charge in [-0.1, -0.05) is 0 Å². The summed E-state index contributed by atoms with van der Waals surface area (Å²) in [7, 11) is -3.51. The van der Waals surface area contributed by atoms with E-state index in [2.05, 4.69) is 0 Å². The van der Waals surface area contributed by atoms with E-state index < -0.39 is 15.7 Å². The van der Waals surface area contributed by atoms with Gasteiger partial charge in [0, 0.05) is 25.3 Å². The van der Waals surface area contributed by atoms with Crippen LogP contribution in [0.3, 0.4) is 0 Å². The van der Waals surface area contributed by atoms with E-state index in [0.717, 1.165) is 12.3 Å². The molecule has 20 heavy (non-hydrogen) atoms. The first kappa shape index (κ1) is 14.8. The highest BCUT2D eigenvalue weighted by atomic mass is 32.2. The lowest BCUT2D eigenvalue weighted by atomic mass is 9.96. The largest absolute Gasteiger partial charge is 0.370 e. The van der Waals surface area contributed by atoms with E-state index >= 15 is 0 Å². The number of piperidine rings is 1. The van der Waals surface area contributed by atoms with Crippen LogP contribution in [0.15, 0.2) is 23.1 Å². The minimum atomic E-state index is -3.51. The first-order valence-electron chi connectivity index (χ1n) is 6.33. The molecule has 1 aromatic rings. The van der Waals surface area contributed by atoms with Gasteiger partial charge in [0.1, 0.15) is 5.82 Å². The van der Waals surface area contributed by atoms with Crippen molar-refractivity contribution in [2.24, 2.45) is 11.7 Å². The normalized spacial score (nSPS) is 17.2. The van der Waals surface area contributed by atoms with Gasteiger partial charge in [0.05, 0.1) is 10.6 Å². The third-order valence-corrected chi connectivity index (χ3v) is 4.69. The topological polar surface area (TPSA) is 80.5 Å². The van der Waals surface area contributed by atoms with Crippen molar-refractivity contribution < 1.29 is 17.6 Å². The van der Waals surface area contributed by atoms with Crippen molar-refractivity contribution in [3.05, 3.63) is 24.0 Å². The van der Waals surface area contributed by atoms with E-state index in [1.807, 2.05) is 4.90 Å². The van der Waals surface area contributed by atoms with Crippen LogP contribution in [0.4, 0.5) is 10.1 Å². The number of nitrogens with zero attached hydrogens (tertiary/aromatic N) is 1. The van der Waals surface area contributed by atoms with E-state index in [1.165, 1.54) is 12.1 Å². The Morgan fingerprint density at radius 3 is 2.45 bits per heavy atom. The molecule has 1 aromatic carbocycles. The Balaban J connectivity index is 2.29. The third kappa shape index (κ3) is 3.09. The van der Waals surface area contributed by atoms with Gasteiger partial charge >= 0.3 is 0 Å². The van der Waals surface area contributed by atoms with Crippen LogP contribution >= 0.6 is 0 Å². The Bertz CT molecular complexity index is 623. The standard InChI is InChI=1S/C13H17FN2O3S/c1-20(18,19)12-8-10(14)2-3-11(12)16-6-4-9(5-7-16)13(15)17/h2-3,8-9H,4-7H2,1H3,(H2,15,17). The number of sulfone groups is 1. The molecule has 7 heteroatoms. The summed E-state index contributed by atoms with van der Waals surface area (Å²) in [6.45, 7) is 1.06. The van der Waals surface area contributed by atoms with Gasteiger partial charge in [-0.25, -0.2) is 12.8 Å². The zero-order valence-electron chi connectivity index (χ0n) is 11.2. The van der Waals surface area contributed by atoms with Crippen LogP contribution < -0.4 is 10.6 Å². The Morgan fingerprint density at radius 1 is 1.35 bits per heavy atom. The summed E-state index contributed by atoms with van der Waals surface area (Å²) in [4.78, 5) is 13.0. The summed E-state index contributed by atoms with van der Waals surface area (Å²) in [6, 6.07) is 3.74. The first-order valence-corrected chi connectivity index (χ1v) is 8.22. The molecule has 5 nitrogen and oxygen atoms in total. The summed E-state index contributed by atoms with van der Waals surface area (Å²) in [5.41, 5.74) is 5.75. The van der Waals surface area contributed by atoms with E-state index in [-0.39, 0.29) is 16.7 Å². The Labute approximate surface area is 117 Å². The van der Waals surface area contributed by atoms with Crippen molar-refractivity contribution >= 4 is 21.4 Å². The second-order valence-electron chi connectivity index (χ2n) is 5.05. The molecule has 1 saturated heterocycles. The van der Waals surface area contributed by atoms with Crippen molar-refractivity contribution in [1.29, 1.82) is 0 Å². The molecule has 1 aliphatic heterocycles. The Kier molecular flexibility index (Phi) is 3.99. The molecule has 0 bridgehead atoms. The molecule has 0 atom stereocenters. The van der Waals surface area contributed by atoms with Crippen molar-refractivity contribution in [2.75, 3.05) is 24.2 Å². The van der Waals surface area contributed by atoms with Gasteiger partial charge in [0.2, 0.25) is 5.91 Å². The number of amides is 1. The van der Waals surface area contributed by atoms with E-state index in [4.69, 9.17) is 5.73 Å². The van der Waals surface area contributed by atoms with Gasteiger partial charge in [-0.05, 0) is 31.0 Å². The van der Waals surface area contributed by atoms with Crippen LogP contribution in [0.5, 0.6) is 0 Å². The highest BCUT2D eigenvalue weighted by molar-refractivity contribution is 7.90.